The Morgan fingerprint density at radius 2 is 2.00 bits per heavy atom. The van der Waals surface area contributed by atoms with E-state index in [1.54, 1.807) is 12.6 Å². The highest BCUT2D eigenvalue weighted by Crippen LogP contribution is 2.20. The van der Waals surface area contributed by atoms with E-state index < -0.39 is 0 Å². The number of rotatable bonds is 5. The van der Waals surface area contributed by atoms with Crippen molar-refractivity contribution >= 4 is 17.2 Å². The molecule has 0 atom stereocenters. The Morgan fingerprint density at radius 3 is 2.67 bits per heavy atom. The van der Waals surface area contributed by atoms with Crippen LogP contribution in [0.2, 0.25) is 0 Å². The molecule has 2 aromatic heterocycles. The molecule has 0 spiro atoms. The van der Waals surface area contributed by atoms with Gasteiger partial charge >= 0.3 is 0 Å². The van der Waals surface area contributed by atoms with Crippen molar-refractivity contribution in [2.45, 2.75) is 13.5 Å². The van der Waals surface area contributed by atoms with Gasteiger partial charge in [-0.1, -0.05) is 0 Å². The van der Waals surface area contributed by atoms with Crippen LogP contribution >= 0.6 is 11.3 Å². The molecule has 0 saturated carbocycles. The van der Waals surface area contributed by atoms with E-state index in [1.807, 2.05) is 37.3 Å². The molecule has 0 radical (unpaired) electrons. The second-order valence-corrected chi connectivity index (χ2v) is 5.93. The molecule has 1 aromatic carbocycles. The number of thiazole rings is 1. The van der Waals surface area contributed by atoms with Crippen molar-refractivity contribution in [1.82, 2.24) is 20.3 Å². The lowest BCUT2D eigenvalue weighted by molar-refractivity contribution is 0.0953. The van der Waals surface area contributed by atoms with E-state index in [2.05, 4.69) is 20.3 Å². The fraction of sp³-hybridized carbons (Fsp3) is 0.176. The van der Waals surface area contributed by atoms with Gasteiger partial charge in [0.25, 0.3) is 5.91 Å². The second kappa shape index (κ2) is 7.18. The molecule has 6 nitrogen and oxygen atoms in total. The molecule has 0 fully saturated rings. The molecule has 0 aliphatic carbocycles. The van der Waals surface area contributed by atoms with Gasteiger partial charge in [-0.15, -0.1) is 11.3 Å². The summed E-state index contributed by atoms with van der Waals surface area (Å²) in [5.74, 6) is 0.653. The number of benzene rings is 1. The normalized spacial score (nSPS) is 10.4. The first-order valence-corrected chi connectivity index (χ1v) is 8.19. The van der Waals surface area contributed by atoms with Crippen LogP contribution in [0.4, 0.5) is 0 Å². The van der Waals surface area contributed by atoms with Crippen molar-refractivity contribution in [2.75, 3.05) is 7.11 Å². The van der Waals surface area contributed by atoms with Gasteiger partial charge in [-0.3, -0.25) is 4.79 Å². The molecule has 0 unspecified atom stereocenters. The van der Waals surface area contributed by atoms with Crippen LogP contribution in [0.3, 0.4) is 0 Å². The summed E-state index contributed by atoms with van der Waals surface area (Å²) in [5, 5.41) is 2.86. The molecule has 1 amide bonds. The Hall–Kier alpha value is -2.80. The quantitative estimate of drug-likeness (QED) is 0.773. The standard InChI is InChI=1S/C17H16N4O2S/c1-11-16(24-10-21-11)17(22)18-8-13-7-15(20-9-19-13)12-3-5-14(23-2)6-4-12/h3-7,9-10H,8H2,1-2H3,(H,18,22). The molecule has 122 valence electrons. The van der Waals surface area contributed by atoms with Crippen molar-refractivity contribution in [1.29, 1.82) is 0 Å². The Bertz CT molecular complexity index is 846. The van der Waals surface area contributed by atoms with E-state index in [4.69, 9.17) is 4.74 Å². The molecular formula is C17H16N4O2S. The molecule has 3 rings (SSSR count). The van der Waals surface area contributed by atoms with E-state index in [1.165, 1.54) is 17.7 Å². The van der Waals surface area contributed by atoms with E-state index >= 15 is 0 Å². The van der Waals surface area contributed by atoms with Gasteiger partial charge in [0.15, 0.2) is 0 Å². The number of aryl methyl sites for hydroxylation is 1. The van der Waals surface area contributed by atoms with Gasteiger partial charge in [0.05, 0.1) is 36.2 Å². The number of ether oxygens (including phenoxy) is 1. The number of methoxy groups -OCH3 is 1. The van der Waals surface area contributed by atoms with Crippen LogP contribution in [0.5, 0.6) is 5.75 Å². The summed E-state index contributed by atoms with van der Waals surface area (Å²) in [5.41, 5.74) is 4.90. The number of carbonyl (C=O) groups excluding carboxylic acids is 1. The fourth-order valence-corrected chi connectivity index (χ4v) is 2.90. The monoisotopic (exact) mass is 340 g/mol. The van der Waals surface area contributed by atoms with E-state index in [0.717, 1.165) is 28.4 Å². The summed E-state index contributed by atoms with van der Waals surface area (Å²) in [6, 6.07) is 9.49. The number of amides is 1. The smallest absolute Gasteiger partial charge is 0.263 e. The van der Waals surface area contributed by atoms with Crippen LogP contribution in [0.1, 0.15) is 21.1 Å². The summed E-state index contributed by atoms with van der Waals surface area (Å²) in [4.78, 5) is 25.3. The third-order valence-corrected chi connectivity index (χ3v) is 4.42. The van der Waals surface area contributed by atoms with Crippen LogP contribution in [-0.4, -0.2) is 28.0 Å². The third-order valence-electron chi connectivity index (χ3n) is 3.49. The summed E-state index contributed by atoms with van der Waals surface area (Å²) in [7, 11) is 1.63. The maximum Gasteiger partial charge on any atom is 0.263 e. The molecule has 3 aromatic rings. The second-order valence-electron chi connectivity index (χ2n) is 5.07. The van der Waals surface area contributed by atoms with Gasteiger partial charge in [0, 0.05) is 5.56 Å². The lowest BCUT2D eigenvalue weighted by Crippen LogP contribution is -2.23. The summed E-state index contributed by atoms with van der Waals surface area (Å²) in [6.45, 7) is 2.15. The Morgan fingerprint density at radius 1 is 1.21 bits per heavy atom. The number of carbonyl (C=O) groups is 1. The molecule has 0 aliphatic rings. The zero-order chi connectivity index (χ0) is 16.9. The zero-order valence-electron chi connectivity index (χ0n) is 13.3. The molecule has 1 N–H and O–H groups in total. The zero-order valence-corrected chi connectivity index (χ0v) is 14.1. The maximum atomic E-state index is 12.1. The minimum Gasteiger partial charge on any atom is -0.497 e. The SMILES string of the molecule is COc1ccc(-c2cc(CNC(=O)c3scnc3C)ncn2)cc1. The fourth-order valence-electron chi connectivity index (χ4n) is 2.18. The average molecular weight is 340 g/mol. The predicted octanol–water partition coefficient (Wildman–Crippen LogP) is 2.85. The van der Waals surface area contributed by atoms with Crippen molar-refractivity contribution in [3.8, 4) is 17.0 Å². The van der Waals surface area contributed by atoms with Crippen LogP contribution in [0.25, 0.3) is 11.3 Å². The third kappa shape index (κ3) is 3.57. The Labute approximate surface area is 143 Å². The lowest BCUT2D eigenvalue weighted by atomic mass is 10.1. The van der Waals surface area contributed by atoms with Gasteiger partial charge in [0.1, 0.15) is 17.0 Å². The molecule has 0 aliphatic heterocycles. The Kier molecular flexibility index (Phi) is 4.81. The first-order valence-electron chi connectivity index (χ1n) is 7.31. The van der Waals surface area contributed by atoms with Crippen molar-refractivity contribution in [2.24, 2.45) is 0 Å². The average Bonchev–Trinajstić information content (AvgIpc) is 3.06. The van der Waals surface area contributed by atoms with E-state index in [0.29, 0.717) is 11.4 Å². The number of nitrogens with one attached hydrogen (secondary N) is 1. The van der Waals surface area contributed by atoms with E-state index in [9.17, 15) is 4.79 Å². The first kappa shape index (κ1) is 16.1. The minimum atomic E-state index is -0.139. The van der Waals surface area contributed by atoms with Crippen molar-refractivity contribution < 1.29 is 9.53 Å². The van der Waals surface area contributed by atoms with Crippen LogP contribution in [-0.2, 0) is 6.54 Å². The highest BCUT2D eigenvalue weighted by Gasteiger charge is 2.11. The molecular weight excluding hydrogens is 324 g/mol. The van der Waals surface area contributed by atoms with Gasteiger partial charge in [0.2, 0.25) is 0 Å². The summed E-state index contributed by atoms with van der Waals surface area (Å²) >= 11 is 1.33. The number of hydrogen-bond acceptors (Lipinski definition) is 6. The molecule has 0 saturated heterocycles. The van der Waals surface area contributed by atoms with Crippen LogP contribution < -0.4 is 10.1 Å². The van der Waals surface area contributed by atoms with Crippen molar-refractivity contribution in [3.63, 3.8) is 0 Å². The highest BCUT2D eigenvalue weighted by molar-refractivity contribution is 7.11. The van der Waals surface area contributed by atoms with Gasteiger partial charge < -0.3 is 10.1 Å². The summed E-state index contributed by atoms with van der Waals surface area (Å²) < 4.78 is 5.15. The number of nitrogens with zero attached hydrogens (tertiary/aromatic N) is 3. The maximum absolute atomic E-state index is 12.1. The highest BCUT2D eigenvalue weighted by atomic mass is 32.1. The van der Waals surface area contributed by atoms with Crippen molar-refractivity contribution in [3.05, 3.63) is 58.4 Å². The Balaban J connectivity index is 1.71. The van der Waals surface area contributed by atoms with Gasteiger partial charge in [-0.05, 0) is 37.3 Å². The number of aromatic nitrogens is 3. The molecule has 24 heavy (non-hydrogen) atoms. The van der Waals surface area contributed by atoms with Gasteiger partial charge in [-0.25, -0.2) is 15.0 Å². The predicted molar refractivity (Wildman–Crippen MR) is 92.0 cm³/mol. The topological polar surface area (TPSA) is 77.0 Å². The van der Waals surface area contributed by atoms with E-state index in [-0.39, 0.29) is 5.91 Å². The largest absolute Gasteiger partial charge is 0.497 e. The molecule has 2 heterocycles. The van der Waals surface area contributed by atoms with Crippen LogP contribution in [0, 0.1) is 6.92 Å². The number of hydrogen-bond donors (Lipinski definition) is 1. The van der Waals surface area contributed by atoms with Crippen LogP contribution in [0.15, 0.2) is 42.2 Å². The van der Waals surface area contributed by atoms with Gasteiger partial charge in [-0.2, -0.15) is 0 Å². The molecule has 7 heteroatoms. The minimum absolute atomic E-state index is 0.139. The first-order chi connectivity index (χ1) is 11.7. The lowest BCUT2D eigenvalue weighted by Gasteiger charge is -2.06. The molecule has 0 bridgehead atoms. The summed E-state index contributed by atoms with van der Waals surface area (Å²) in [6.07, 6.45) is 1.50.